The number of pyridine rings is 1. The largest absolute Gasteiger partial charge is 0.481 e. The SMILES string of the molecule is [B]C(CCCC)(C(=O)O)C1CC(NCc2cccc3cccnc23)C1. The Labute approximate surface area is 150 Å². The Hall–Kier alpha value is -1.88. The Morgan fingerprint density at radius 1 is 1.36 bits per heavy atom. The minimum Gasteiger partial charge on any atom is -0.481 e. The van der Waals surface area contributed by atoms with E-state index >= 15 is 0 Å². The maximum Gasteiger partial charge on any atom is 0.300 e. The zero-order chi connectivity index (χ0) is 17.9. The molecule has 2 aromatic rings. The third-order valence-corrected chi connectivity index (χ3v) is 5.51. The highest BCUT2D eigenvalue weighted by Gasteiger charge is 2.46. The number of para-hydroxylation sites is 1. The van der Waals surface area contributed by atoms with Gasteiger partial charge in [0.2, 0.25) is 0 Å². The molecule has 0 aliphatic heterocycles. The molecule has 1 fully saturated rings. The van der Waals surface area contributed by atoms with Crippen molar-refractivity contribution >= 4 is 24.7 Å². The molecular weight excluding hydrogens is 311 g/mol. The summed E-state index contributed by atoms with van der Waals surface area (Å²) in [5, 5.41) is 13.2. The Kier molecular flexibility index (Phi) is 5.43. The molecule has 0 spiro atoms. The summed E-state index contributed by atoms with van der Waals surface area (Å²) in [6, 6.07) is 10.5. The van der Waals surface area contributed by atoms with Crippen molar-refractivity contribution in [3.63, 3.8) is 0 Å². The van der Waals surface area contributed by atoms with Crippen LogP contribution >= 0.6 is 0 Å². The molecule has 2 N–H and O–H groups in total. The molecule has 2 radical (unpaired) electrons. The van der Waals surface area contributed by atoms with E-state index in [1.807, 2.05) is 18.3 Å². The average molecular weight is 336 g/mol. The highest BCUT2D eigenvalue weighted by molar-refractivity contribution is 6.27. The van der Waals surface area contributed by atoms with Crippen LogP contribution in [-0.4, -0.2) is 29.9 Å². The first-order chi connectivity index (χ1) is 12.0. The standard InChI is InChI=1S/C20H25BN2O2/c1-2-3-9-20(21,19(24)25)16-11-17(12-16)23-13-15-7-4-6-14-8-5-10-22-18(14)15/h4-8,10,16-17,23H,2-3,9,11-13H2,1H3,(H,24,25). The minimum absolute atomic E-state index is 0.0553. The van der Waals surface area contributed by atoms with Crippen LogP contribution in [0.2, 0.25) is 5.31 Å². The number of carboxylic acid groups (broad SMARTS) is 1. The second-order valence-corrected chi connectivity index (χ2v) is 7.19. The molecule has 25 heavy (non-hydrogen) atoms. The van der Waals surface area contributed by atoms with Crippen molar-refractivity contribution in [2.75, 3.05) is 0 Å². The van der Waals surface area contributed by atoms with Gasteiger partial charge in [-0.1, -0.05) is 44.0 Å². The van der Waals surface area contributed by atoms with Crippen LogP contribution < -0.4 is 5.32 Å². The average Bonchev–Trinajstić information content (AvgIpc) is 2.58. The third kappa shape index (κ3) is 3.71. The van der Waals surface area contributed by atoms with Crippen LogP contribution in [0.15, 0.2) is 36.5 Å². The summed E-state index contributed by atoms with van der Waals surface area (Å²) >= 11 is 0. The van der Waals surface area contributed by atoms with Gasteiger partial charge in [0.15, 0.2) is 0 Å². The first-order valence-electron chi connectivity index (χ1n) is 9.13. The number of aromatic nitrogens is 1. The number of aliphatic carboxylic acids is 1. The Bertz CT molecular complexity index is 740. The number of unbranched alkanes of at least 4 members (excludes halogenated alkanes) is 1. The summed E-state index contributed by atoms with van der Waals surface area (Å²) in [7, 11) is 6.24. The topological polar surface area (TPSA) is 62.2 Å². The molecule has 0 amide bonds. The molecule has 0 saturated heterocycles. The molecule has 1 aromatic carbocycles. The summed E-state index contributed by atoms with van der Waals surface area (Å²) < 4.78 is 0. The van der Waals surface area contributed by atoms with Gasteiger partial charge >= 0.3 is 5.97 Å². The van der Waals surface area contributed by atoms with Crippen LogP contribution in [0.25, 0.3) is 10.9 Å². The van der Waals surface area contributed by atoms with Gasteiger partial charge in [0.05, 0.1) is 13.4 Å². The fraction of sp³-hybridized carbons (Fsp3) is 0.500. The smallest absolute Gasteiger partial charge is 0.300 e. The highest BCUT2D eigenvalue weighted by Crippen LogP contribution is 2.49. The van der Waals surface area contributed by atoms with Gasteiger partial charge in [-0.25, -0.2) is 0 Å². The van der Waals surface area contributed by atoms with E-state index in [4.69, 9.17) is 7.85 Å². The van der Waals surface area contributed by atoms with E-state index in [1.165, 1.54) is 5.56 Å². The number of hydrogen-bond acceptors (Lipinski definition) is 3. The van der Waals surface area contributed by atoms with E-state index in [0.29, 0.717) is 12.5 Å². The predicted octanol–water partition coefficient (Wildman–Crippen LogP) is 3.71. The van der Waals surface area contributed by atoms with Gasteiger partial charge in [-0.15, -0.1) is 0 Å². The van der Waals surface area contributed by atoms with E-state index in [0.717, 1.165) is 43.1 Å². The van der Waals surface area contributed by atoms with Crippen molar-refractivity contribution in [1.82, 2.24) is 10.3 Å². The lowest BCUT2D eigenvalue weighted by Gasteiger charge is -2.46. The lowest BCUT2D eigenvalue weighted by Crippen LogP contribution is -2.48. The Balaban J connectivity index is 1.57. The number of hydrogen-bond donors (Lipinski definition) is 2. The number of nitrogens with zero attached hydrogens (tertiary/aromatic N) is 1. The van der Waals surface area contributed by atoms with E-state index in [9.17, 15) is 9.90 Å². The second-order valence-electron chi connectivity index (χ2n) is 7.19. The Morgan fingerprint density at radius 3 is 2.84 bits per heavy atom. The molecule has 1 heterocycles. The van der Waals surface area contributed by atoms with Crippen molar-refractivity contribution in [1.29, 1.82) is 0 Å². The third-order valence-electron chi connectivity index (χ3n) is 5.51. The molecule has 1 saturated carbocycles. The molecule has 5 heteroatoms. The predicted molar refractivity (Wildman–Crippen MR) is 101 cm³/mol. The number of carbonyl (C=O) groups is 1. The minimum atomic E-state index is -1.07. The number of rotatable bonds is 8. The number of fused-ring (bicyclic) bond motifs is 1. The molecule has 130 valence electrons. The van der Waals surface area contributed by atoms with Crippen molar-refractivity contribution in [2.24, 2.45) is 5.92 Å². The molecule has 1 unspecified atom stereocenters. The van der Waals surface area contributed by atoms with Gasteiger partial charge in [-0.2, -0.15) is 0 Å². The van der Waals surface area contributed by atoms with Crippen LogP contribution in [0.1, 0.15) is 44.6 Å². The summed E-state index contributed by atoms with van der Waals surface area (Å²) in [4.78, 5) is 16.1. The van der Waals surface area contributed by atoms with Crippen LogP contribution in [0, 0.1) is 5.92 Å². The van der Waals surface area contributed by atoms with E-state index < -0.39 is 11.3 Å². The van der Waals surface area contributed by atoms with Crippen molar-refractivity contribution in [2.45, 2.75) is 56.9 Å². The van der Waals surface area contributed by atoms with E-state index in [2.05, 4.69) is 35.4 Å². The van der Waals surface area contributed by atoms with Gasteiger partial charge < -0.3 is 10.4 Å². The molecule has 1 aliphatic carbocycles. The van der Waals surface area contributed by atoms with Crippen LogP contribution in [-0.2, 0) is 11.3 Å². The van der Waals surface area contributed by atoms with Gasteiger partial charge in [0, 0.05) is 29.5 Å². The normalized spacial score (nSPS) is 22.3. The maximum atomic E-state index is 11.6. The summed E-state index contributed by atoms with van der Waals surface area (Å²) in [6.07, 6.45) is 5.85. The van der Waals surface area contributed by atoms with Gasteiger partial charge in [0.25, 0.3) is 0 Å². The first-order valence-corrected chi connectivity index (χ1v) is 9.13. The lowest BCUT2D eigenvalue weighted by molar-refractivity contribution is -0.144. The molecular formula is C20H25BN2O2. The zero-order valence-electron chi connectivity index (χ0n) is 14.7. The molecule has 1 aliphatic rings. The van der Waals surface area contributed by atoms with E-state index in [-0.39, 0.29) is 5.92 Å². The van der Waals surface area contributed by atoms with Crippen molar-refractivity contribution in [3.05, 3.63) is 42.1 Å². The molecule has 3 rings (SSSR count). The highest BCUT2D eigenvalue weighted by atomic mass is 16.4. The number of nitrogens with one attached hydrogen (secondary N) is 1. The van der Waals surface area contributed by atoms with Crippen LogP contribution in [0.4, 0.5) is 0 Å². The first kappa shape index (κ1) is 17.9. The molecule has 0 bridgehead atoms. The molecule has 1 atom stereocenters. The maximum absolute atomic E-state index is 11.6. The fourth-order valence-electron chi connectivity index (χ4n) is 3.72. The fourth-order valence-corrected chi connectivity index (χ4v) is 3.72. The van der Waals surface area contributed by atoms with Gasteiger partial charge in [-0.3, -0.25) is 9.78 Å². The summed E-state index contributed by atoms with van der Waals surface area (Å²) in [6.45, 7) is 2.80. The van der Waals surface area contributed by atoms with Gasteiger partial charge in [-0.05, 0) is 36.8 Å². The summed E-state index contributed by atoms with van der Waals surface area (Å²) in [5.41, 5.74) is 2.19. The van der Waals surface area contributed by atoms with E-state index in [1.54, 1.807) is 0 Å². The summed E-state index contributed by atoms with van der Waals surface area (Å²) in [5.74, 6) is -0.803. The van der Waals surface area contributed by atoms with Crippen molar-refractivity contribution < 1.29 is 9.90 Å². The van der Waals surface area contributed by atoms with Crippen LogP contribution in [0.3, 0.4) is 0 Å². The Morgan fingerprint density at radius 2 is 2.12 bits per heavy atom. The second kappa shape index (κ2) is 7.57. The van der Waals surface area contributed by atoms with Crippen LogP contribution in [0.5, 0.6) is 0 Å². The monoisotopic (exact) mass is 336 g/mol. The lowest BCUT2D eigenvalue weighted by atomic mass is 9.51. The quantitative estimate of drug-likeness (QED) is 0.722. The molecule has 4 nitrogen and oxygen atoms in total. The number of benzene rings is 1. The number of carboxylic acids is 1. The van der Waals surface area contributed by atoms with Crippen molar-refractivity contribution in [3.8, 4) is 0 Å². The zero-order valence-corrected chi connectivity index (χ0v) is 14.7. The van der Waals surface area contributed by atoms with Gasteiger partial charge in [0.1, 0.15) is 0 Å². The molecule has 1 aromatic heterocycles.